The third-order valence-electron chi connectivity index (χ3n) is 4.65. The zero-order valence-electron chi connectivity index (χ0n) is 15.2. The third kappa shape index (κ3) is 3.39. The molecular formula is C20H21NO5S. The summed E-state index contributed by atoms with van der Waals surface area (Å²) in [6.45, 7) is 0.889. The van der Waals surface area contributed by atoms with E-state index in [9.17, 15) is 4.79 Å². The standard InChI is InChI=1S/C20H21NO5S/c1-23-14-8-7-13(11-17(14)24-2)20-21(9-10-27-20)19(22)18-12-25-15-5-3-4-6-16(15)26-18/h3-8,11,18,20H,9-10,12H2,1-2H3. The Bertz CT molecular complexity index is 843. The number of ether oxygens (including phenoxy) is 4. The van der Waals surface area contributed by atoms with Crippen LogP contribution in [0.2, 0.25) is 0 Å². The second kappa shape index (κ2) is 7.60. The molecule has 0 aliphatic carbocycles. The molecule has 2 aromatic rings. The van der Waals surface area contributed by atoms with Gasteiger partial charge in [-0.05, 0) is 29.8 Å². The topological polar surface area (TPSA) is 57.2 Å². The van der Waals surface area contributed by atoms with E-state index in [-0.39, 0.29) is 17.9 Å². The van der Waals surface area contributed by atoms with E-state index >= 15 is 0 Å². The summed E-state index contributed by atoms with van der Waals surface area (Å²) in [7, 11) is 3.22. The van der Waals surface area contributed by atoms with Gasteiger partial charge in [-0.25, -0.2) is 0 Å². The SMILES string of the molecule is COc1ccc(C2SCCN2C(=O)C2COc3ccccc3O2)cc1OC. The second-order valence-electron chi connectivity index (χ2n) is 6.23. The highest BCUT2D eigenvalue weighted by Crippen LogP contribution is 2.42. The average molecular weight is 387 g/mol. The van der Waals surface area contributed by atoms with Gasteiger partial charge in [0, 0.05) is 12.3 Å². The number of hydrogen-bond acceptors (Lipinski definition) is 6. The Kier molecular flexibility index (Phi) is 5.03. The van der Waals surface area contributed by atoms with Crippen LogP contribution < -0.4 is 18.9 Å². The molecule has 0 saturated carbocycles. The molecule has 0 aromatic heterocycles. The van der Waals surface area contributed by atoms with Gasteiger partial charge in [-0.2, -0.15) is 0 Å². The van der Waals surface area contributed by atoms with Crippen molar-refractivity contribution >= 4 is 17.7 Å². The lowest BCUT2D eigenvalue weighted by Gasteiger charge is -2.31. The van der Waals surface area contributed by atoms with Gasteiger partial charge in [0.25, 0.3) is 5.91 Å². The van der Waals surface area contributed by atoms with Crippen LogP contribution in [0, 0.1) is 0 Å². The van der Waals surface area contributed by atoms with Crippen molar-refractivity contribution < 1.29 is 23.7 Å². The van der Waals surface area contributed by atoms with E-state index in [1.807, 2.05) is 47.4 Å². The molecule has 1 saturated heterocycles. The number of amides is 1. The van der Waals surface area contributed by atoms with Crippen molar-refractivity contribution in [3.63, 3.8) is 0 Å². The highest BCUT2D eigenvalue weighted by molar-refractivity contribution is 7.99. The number of hydrogen-bond donors (Lipinski definition) is 0. The molecule has 2 atom stereocenters. The molecule has 142 valence electrons. The molecule has 2 aromatic carbocycles. The Morgan fingerprint density at radius 3 is 2.67 bits per heavy atom. The summed E-state index contributed by atoms with van der Waals surface area (Å²) in [4.78, 5) is 15.0. The van der Waals surface area contributed by atoms with Crippen LogP contribution in [0.4, 0.5) is 0 Å². The maximum absolute atomic E-state index is 13.1. The molecule has 2 heterocycles. The minimum atomic E-state index is -0.638. The number of carbonyl (C=O) groups excluding carboxylic acids is 1. The summed E-state index contributed by atoms with van der Waals surface area (Å²) < 4.78 is 22.3. The Balaban J connectivity index is 1.54. The summed E-state index contributed by atoms with van der Waals surface area (Å²) in [5, 5.41) is -0.0851. The maximum atomic E-state index is 13.1. The van der Waals surface area contributed by atoms with Crippen LogP contribution >= 0.6 is 11.8 Å². The number of thioether (sulfide) groups is 1. The molecule has 2 aliphatic rings. The molecule has 0 radical (unpaired) electrons. The number of carbonyl (C=O) groups is 1. The van der Waals surface area contributed by atoms with Gasteiger partial charge in [-0.1, -0.05) is 18.2 Å². The van der Waals surface area contributed by atoms with Crippen LogP contribution in [0.3, 0.4) is 0 Å². The molecular weight excluding hydrogens is 366 g/mol. The van der Waals surface area contributed by atoms with Gasteiger partial charge in [0.05, 0.1) is 14.2 Å². The lowest BCUT2D eigenvalue weighted by atomic mass is 10.1. The van der Waals surface area contributed by atoms with Gasteiger partial charge in [0.1, 0.15) is 12.0 Å². The fraction of sp³-hybridized carbons (Fsp3) is 0.350. The van der Waals surface area contributed by atoms with Crippen molar-refractivity contribution in [1.82, 2.24) is 4.90 Å². The van der Waals surface area contributed by atoms with Crippen molar-refractivity contribution in [3.05, 3.63) is 48.0 Å². The first kappa shape index (κ1) is 17.9. The molecule has 1 amide bonds. The smallest absolute Gasteiger partial charge is 0.268 e. The highest BCUT2D eigenvalue weighted by atomic mass is 32.2. The summed E-state index contributed by atoms with van der Waals surface area (Å²) in [6.07, 6.45) is -0.638. The number of methoxy groups -OCH3 is 2. The van der Waals surface area contributed by atoms with Crippen LogP contribution in [-0.4, -0.2) is 50.0 Å². The summed E-state index contributed by atoms with van der Waals surface area (Å²) >= 11 is 1.73. The van der Waals surface area contributed by atoms with Crippen molar-refractivity contribution in [2.75, 3.05) is 33.1 Å². The van der Waals surface area contributed by atoms with Crippen molar-refractivity contribution in [2.45, 2.75) is 11.5 Å². The number of fused-ring (bicyclic) bond motifs is 1. The van der Waals surface area contributed by atoms with E-state index in [0.717, 1.165) is 11.3 Å². The van der Waals surface area contributed by atoms with Crippen LogP contribution in [0.25, 0.3) is 0 Å². The predicted octanol–water partition coefficient (Wildman–Crippen LogP) is 3.12. The van der Waals surface area contributed by atoms with E-state index < -0.39 is 6.10 Å². The third-order valence-corrected chi connectivity index (χ3v) is 5.91. The Morgan fingerprint density at radius 1 is 1.11 bits per heavy atom. The zero-order chi connectivity index (χ0) is 18.8. The monoisotopic (exact) mass is 387 g/mol. The molecule has 0 spiro atoms. The van der Waals surface area contributed by atoms with Gasteiger partial charge in [0.15, 0.2) is 23.0 Å². The quantitative estimate of drug-likeness (QED) is 0.804. The Morgan fingerprint density at radius 2 is 1.89 bits per heavy atom. The molecule has 1 fully saturated rings. The molecule has 6 nitrogen and oxygen atoms in total. The fourth-order valence-corrected chi connectivity index (χ4v) is 4.56. The highest BCUT2D eigenvalue weighted by Gasteiger charge is 2.38. The van der Waals surface area contributed by atoms with Gasteiger partial charge >= 0.3 is 0 Å². The maximum Gasteiger partial charge on any atom is 0.268 e. The largest absolute Gasteiger partial charge is 0.493 e. The zero-order valence-corrected chi connectivity index (χ0v) is 16.0. The van der Waals surface area contributed by atoms with Gasteiger partial charge in [0.2, 0.25) is 6.10 Å². The summed E-state index contributed by atoms with van der Waals surface area (Å²) in [5.41, 5.74) is 1.00. The summed E-state index contributed by atoms with van der Waals surface area (Å²) in [6, 6.07) is 13.2. The molecule has 27 heavy (non-hydrogen) atoms. The first-order chi connectivity index (χ1) is 13.2. The van der Waals surface area contributed by atoms with E-state index in [2.05, 4.69) is 0 Å². The lowest BCUT2D eigenvalue weighted by Crippen LogP contribution is -2.46. The Labute approximate surface area is 162 Å². The summed E-state index contributed by atoms with van der Waals surface area (Å²) in [5.74, 6) is 3.41. The predicted molar refractivity (Wildman–Crippen MR) is 103 cm³/mol. The van der Waals surface area contributed by atoms with Gasteiger partial charge in [-0.3, -0.25) is 4.79 Å². The van der Waals surface area contributed by atoms with E-state index in [4.69, 9.17) is 18.9 Å². The minimum Gasteiger partial charge on any atom is -0.493 e. The van der Waals surface area contributed by atoms with Crippen LogP contribution in [0.15, 0.2) is 42.5 Å². The van der Waals surface area contributed by atoms with Crippen LogP contribution in [-0.2, 0) is 4.79 Å². The lowest BCUT2D eigenvalue weighted by molar-refractivity contribution is -0.141. The van der Waals surface area contributed by atoms with E-state index in [1.165, 1.54) is 0 Å². The molecule has 4 rings (SSSR count). The number of rotatable bonds is 4. The van der Waals surface area contributed by atoms with Crippen molar-refractivity contribution in [1.29, 1.82) is 0 Å². The Hall–Kier alpha value is -2.54. The molecule has 7 heteroatoms. The minimum absolute atomic E-state index is 0.0608. The normalized spacial score (nSPS) is 21.0. The van der Waals surface area contributed by atoms with Gasteiger partial charge in [-0.15, -0.1) is 11.8 Å². The van der Waals surface area contributed by atoms with Crippen molar-refractivity contribution in [3.8, 4) is 23.0 Å². The van der Waals surface area contributed by atoms with Crippen LogP contribution in [0.1, 0.15) is 10.9 Å². The first-order valence-electron chi connectivity index (χ1n) is 8.73. The molecule has 0 bridgehead atoms. The number of para-hydroxylation sites is 2. The average Bonchev–Trinajstić information content (AvgIpc) is 3.22. The number of benzene rings is 2. The van der Waals surface area contributed by atoms with Crippen molar-refractivity contribution in [2.24, 2.45) is 0 Å². The first-order valence-corrected chi connectivity index (χ1v) is 9.78. The number of nitrogens with zero attached hydrogens (tertiary/aromatic N) is 1. The molecule has 2 aliphatic heterocycles. The molecule has 2 unspecified atom stereocenters. The van der Waals surface area contributed by atoms with Crippen LogP contribution in [0.5, 0.6) is 23.0 Å². The fourth-order valence-electron chi connectivity index (χ4n) is 3.30. The van der Waals surface area contributed by atoms with Gasteiger partial charge < -0.3 is 23.8 Å². The second-order valence-corrected chi connectivity index (χ2v) is 7.42. The van der Waals surface area contributed by atoms with E-state index in [1.54, 1.807) is 26.0 Å². The van der Waals surface area contributed by atoms with E-state index in [0.29, 0.717) is 29.5 Å². The molecule has 0 N–H and O–H groups in total.